The number of hydrogen-bond acceptors (Lipinski definition) is 4. The van der Waals surface area contributed by atoms with Crippen molar-refractivity contribution in [3.05, 3.63) is 34.9 Å². The summed E-state index contributed by atoms with van der Waals surface area (Å²) in [5.41, 5.74) is 12.6. The number of nitrogens with one attached hydrogen (secondary N) is 1. The minimum Gasteiger partial charge on any atom is -0.325 e. The van der Waals surface area contributed by atoms with Gasteiger partial charge < -0.3 is 4.84 Å². The van der Waals surface area contributed by atoms with Gasteiger partial charge in [0.15, 0.2) is 0 Å². The van der Waals surface area contributed by atoms with Crippen LogP contribution < -0.4 is 16.5 Å². The molecule has 1 heterocycles. The Labute approximate surface area is 126 Å². The van der Waals surface area contributed by atoms with E-state index in [4.69, 9.17) is 16.3 Å². The number of carbonyl (C=O) groups is 3. The van der Waals surface area contributed by atoms with Crippen molar-refractivity contribution in [3.63, 3.8) is 0 Å². The molecule has 1 aromatic carbocycles. The Balaban J connectivity index is 2.10. The van der Waals surface area contributed by atoms with Gasteiger partial charge in [-0.2, -0.15) is 0 Å². The van der Waals surface area contributed by atoms with Crippen molar-refractivity contribution in [2.75, 3.05) is 0 Å². The predicted molar refractivity (Wildman–Crippen MR) is 75.7 cm³/mol. The van der Waals surface area contributed by atoms with E-state index in [2.05, 4.69) is 4.99 Å². The molecule has 1 aromatic rings. The predicted octanol–water partition coefficient (Wildman–Crippen LogP) is -1.93. The number of imide groups is 1. The molecule has 0 atom stereocenters. The normalized spacial score (nSPS) is 14.1. The molecule has 2 amide bonds. The molecule has 1 aliphatic rings. The van der Waals surface area contributed by atoms with Gasteiger partial charge in [-0.15, -0.1) is 5.06 Å². The highest BCUT2D eigenvalue weighted by atomic mass is 16.7. The molecule has 1 fully saturated rings. The van der Waals surface area contributed by atoms with Crippen molar-refractivity contribution in [1.29, 1.82) is 0 Å². The summed E-state index contributed by atoms with van der Waals surface area (Å²) >= 11 is 0. The van der Waals surface area contributed by atoms with E-state index in [0.29, 0.717) is 11.6 Å². The van der Waals surface area contributed by atoms with Gasteiger partial charge in [0.2, 0.25) is 0 Å². The zero-order valence-corrected chi connectivity index (χ0v) is 12.1. The summed E-state index contributed by atoms with van der Waals surface area (Å²) in [5.74, 6) is -1.67. The van der Waals surface area contributed by atoms with E-state index in [1.54, 1.807) is 18.2 Å². The molecule has 0 radical (unpaired) electrons. The fraction of sp³-hybridized carbons (Fsp3) is 0.286. The second-order valence-corrected chi connectivity index (χ2v) is 4.91. The Morgan fingerprint density at radius 1 is 1.27 bits per heavy atom. The van der Waals surface area contributed by atoms with Crippen LogP contribution >= 0.6 is 0 Å². The van der Waals surface area contributed by atoms with Crippen molar-refractivity contribution in [2.45, 2.75) is 26.3 Å². The van der Waals surface area contributed by atoms with Crippen LogP contribution in [-0.2, 0) is 21.0 Å². The molecule has 0 aromatic heterocycles. The number of amides is 2. The molecule has 1 saturated heterocycles. The molecular formula is C14H17N4O4+. The Hall–Kier alpha value is -2.90. The third-order valence-electron chi connectivity index (χ3n) is 3.24. The third-order valence-corrected chi connectivity index (χ3v) is 3.24. The molecule has 0 unspecified atom stereocenters. The summed E-state index contributed by atoms with van der Waals surface area (Å²) in [5, 5.41) is 0.525. The maximum atomic E-state index is 12.0. The van der Waals surface area contributed by atoms with Crippen LogP contribution in [0.25, 0.3) is 0 Å². The van der Waals surface area contributed by atoms with Gasteiger partial charge in [0.25, 0.3) is 11.8 Å². The van der Waals surface area contributed by atoms with Crippen LogP contribution in [0.1, 0.15) is 34.3 Å². The van der Waals surface area contributed by atoms with Gasteiger partial charge in [0.1, 0.15) is 0 Å². The highest BCUT2D eigenvalue weighted by molar-refractivity contribution is 6.02. The van der Waals surface area contributed by atoms with Gasteiger partial charge in [-0.1, -0.05) is 6.07 Å². The summed E-state index contributed by atoms with van der Waals surface area (Å²) < 4.78 is 0. The largest absolute Gasteiger partial charge is 0.363 e. The van der Waals surface area contributed by atoms with E-state index in [-0.39, 0.29) is 24.4 Å². The molecule has 2 rings (SSSR count). The fourth-order valence-electron chi connectivity index (χ4n) is 2.01. The zero-order chi connectivity index (χ0) is 16.3. The summed E-state index contributed by atoms with van der Waals surface area (Å²) in [4.78, 5) is 42.5. The molecular weight excluding hydrogens is 288 g/mol. The van der Waals surface area contributed by atoms with Gasteiger partial charge in [-0.05, 0) is 30.2 Å². The van der Waals surface area contributed by atoms with Crippen LogP contribution in [0, 0.1) is 6.92 Å². The first-order valence-electron chi connectivity index (χ1n) is 6.68. The lowest BCUT2D eigenvalue weighted by Gasteiger charge is -2.13. The van der Waals surface area contributed by atoms with Crippen LogP contribution in [0.15, 0.2) is 18.2 Å². The number of nitrogens with zero attached hydrogens (tertiary/aromatic N) is 1. The number of hydrogen-bond donors (Lipinski definition) is 3. The Morgan fingerprint density at radius 2 is 1.91 bits per heavy atom. The quantitative estimate of drug-likeness (QED) is 0.337. The third kappa shape index (κ3) is 3.40. The number of guanidine groups is 1. The molecule has 8 heteroatoms. The summed E-state index contributed by atoms with van der Waals surface area (Å²) in [6.07, 6.45) is 0.125. The van der Waals surface area contributed by atoms with E-state index in [0.717, 1.165) is 11.1 Å². The molecule has 0 bridgehead atoms. The smallest absolute Gasteiger partial charge is 0.325 e. The van der Waals surface area contributed by atoms with E-state index in [9.17, 15) is 14.4 Å². The van der Waals surface area contributed by atoms with E-state index in [1.165, 1.54) is 0 Å². The first-order chi connectivity index (χ1) is 10.4. The minimum absolute atomic E-state index is 0.0623. The van der Waals surface area contributed by atoms with Crippen LogP contribution in [0.3, 0.4) is 0 Å². The molecule has 8 nitrogen and oxygen atoms in total. The van der Waals surface area contributed by atoms with Crippen LogP contribution in [-0.4, -0.2) is 28.8 Å². The molecule has 5 N–H and O–H groups in total. The van der Waals surface area contributed by atoms with Crippen LogP contribution in [0.5, 0.6) is 0 Å². The second-order valence-electron chi connectivity index (χ2n) is 4.91. The average molecular weight is 305 g/mol. The standard InChI is InChI=1S/C14H16N4O4/c1-8-6-9(2-3-10(8)7-17-14(15)16)13(21)22-18-11(19)4-5-12(18)20/h2-3,6H,4-5,7H2,1H3,(H4,15,16,17)/p+1. The van der Waals surface area contributed by atoms with Crippen LogP contribution in [0.4, 0.5) is 0 Å². The molecule has 0 saturated carbocycles. The van der Waals surface area contributed by atoms with E-state index in [1.807, 2.05) is 6.92 Å². The van der Waals surface area contributed by atoms with Gasteiger partial charge in [-0.3, -0.25) is 26.0 Å². The second kappa shape index (κ2) is 6.25. The first-order valence-corrected chi connectivity index (χ1v) is 6.68. The topological polar surface area (TPSA) is 130 Å². The lowest BCUT2D eigenvalue weighted by atomic mass is 10.1. The van der Waals surface area contributed by atoms with Crippen LogP contribution in [0.2, 0.25) is 0 Å². The Kier molecular flexibility index (Phi) is 4.40. The molecule has 1 aliphatic heterocycles. The zero-order valence-electron chi connectivity index (χ0n) is 12.1. The summed E-state index contributed by atoms with van der Waals surface area (Å²) in [7, 11) is 0. The monoisotopic (exact) mass is 305 g/mol. The van der Waals surface area contributed by atoms with Gasteiger partial charge >= 0.3 is 11.9 Å². The number of aryl methyl sites for hydroxylation is 1. The summed E-state index contributed by atoms with van der Waals surface area (Å²) in [6, 6.07) is 4.87. The van der Waals surface area contributed by atoms with E-state index < -0.39 is 17.8 Å². The van der Waals surface area contributed by atoms with Crippen molar-refractivity contribution in [3.8, 4) is 0 Å². The molecule has 22 heavy (non-hydrogen) atoms. The molecule has 116 valence electrons. The maximum absolute atomic E-state index is 12.0. The molecule has 0 spiro atoms. The highest BCUT2D eigenvalue weighted by Crippen LogP contribution is 2.16. The SMILES string of the molecule is Cc1cc(C(=O)ON2C(=O)CCC2=O)ccc1C[NH+]=C(N)N. The highest BCUT2D eigenvalue weighted by Gasteiger charge is 2.33. The molecule has 0 aliphatic carbocycles. The average Bonchev–Trinajstić information content (AvgIpc) is 2.77. The maximum Gasteiger partial charge on any atom is 0.363 e. The van der Waals surface area contributed by atoms with Crippen molar-refractivity contribution in [2.24, 2.45) is 11.5 Å². The number of benzene rings is 1. The van der Waals surface area contributed by atoms with Crippen molar-refractivity contribution in [1.82, 2.24) is 5.06 Å². The lowest BCUT2D eigenvalue weighted by molar-refractivity contribution is -0.477. The number of hydroxylamine groups is 2. The summed E-state index contributed by atoms with van der Waals surface area (Å²) in [6.45, 7) is 2.24. The number of rotatable bonds is 4. The van der Waals surface area contributed by atoms with Crippen molar-refractivity contribution >= 4 is 23.7 Å². The van der Waals surface area contributed by atoms with Gasteiger partial charge in [0, 0.05) is 12.8 Å². The lowest BCUT2D eigenvalue weighted by Crippen LogP contribution is -2.76. The fourth-order valence-corrected chi connectivity index (χ4v) is 2.01. The number of carbonyl (C=O) groups excluding carboxylic acids is 3. The minimum atomic E-state index is -0.754. The van der Waals surface area contributed by atoms with Gasteiger partial charge in [-0.25, -0.2) is 4.79 Å². The Morgan fingerprint density at radius 3 is 2.45 bits per heavy atom. The first kappa shape index (κ1) is 15.5. The van der Waals surface area contributed by atoms with Gasteiger partial charge in [0.05, 0.1) is 12.1 Å². The number of nitrogens with two attached hydrogens (primary N) is 2. The van der Waals surface area contributed by atoms with Crippen molar-refractivity contribution < 1.29 is 24.2 Å². The Bertz CT molecular complexity index is 649. The van der Waals surface area contributed by atoms with E-state index >= 15 is 0 Å².